The van der Waals surface area contributed by atoms with E-state index in [0.29, 0.717) is 27.1 Å². The molecule has 90 valence electrons. The summed E-state index contributed by atoms with van der Waals surface area (Å²) in [4.78, 5) is 4.67. The molecular weight excluding hydrogens is 275 g/mol. The predicted octanol–water partition coefficient (Wildman–Crippen LogP) is 3.68. The Morgan fingerprint density at radius 3 is 2.31 bits per heavy atom. The molecule has 0 fully saturated rings. The summed E-state index contributed by atoms with van der Waals surface area (Å²) >= 11 is 17.7. The summed E-state index contributed by atoms with van der Waals surface area (Å²) in [5.74, 6) is 0. The second-order valence-electron chi connectivity index (χ2n) is 3.23. The SMILES string of the molecule is CONC(CF)Cc1c(Cl)cc(Cl)cc1Cl. The van der Waals surface area contributed by atoms with Crippen LogP contribution < -0.4 is 5.48 Å². The van der Waals surface area contributed by atoms with Gasteiger partial charge >= 0.3 is 0 Å². The van der Waals surface area contributed by atoms with Crippen LogP contribution in [0.4, 0.5) is 4.39 Å². The van der Waals surface area contributed by atoms with Gasteiger partial charge in [-0.3, -0.25) is 0 Å². The van der Waals surface area contributed by atoms with Crippen LogP contribution in [0.2, 0.25) is 15.1 Å². The van der Waals surface area contributed by atoms with E-state index in [2.05, 4.69) is 10.3 Å². The molecule has 1 unspecified atom stereocenters. The van der Waals surface area contributed by atoms with Gasteiger partial charge in [-0.05, 0) is 24.1 Å². The summed E-state index contributed by atoms with van der Waals surface area (Å²) in [6, 6.07) is 2.67. The highest BCUT2D eigenvalue weighted by molar-refractivity contribution is 6.39. The number of hydrogen-bond acceptors (Lipinski definition) is 2. The van der Waals surface area contributed by atoms with Gasteiger partial charge in [0, 0.05) is 15.1 Å². The molecule has 1 N–H and O–H groups in total. The zero-order chi connectivity index (χ0) is 12.1. The molecule has 16 heavy (non-hydrogen) atoms. The molecule has 1 atom stereocenters. The Balaban J connectivity index is 2.87. The fourth-order valence-corrected chi connectivity index (χ4v) is 2.28. The van der Waals surface area contributed by atoms with Crippen LogP contribution >= 0.6 is 34.8 Å². The van der Waals surface area contributed by atoms with Gasteiger partial charge in [-0.1, -0.05) is 34.8 Å². The van der Waals surface area contributed by atoms with Crippen LogP contribution in [0, 0.1) is 0 Å². The molecule has 0 aliphatic carbocycles. The first-order valence-electron chi connectivity index (χ1n) is 4.56. The number of alkyl halides is 1. The van der Waals surface area contributed by atoms with E-state index in [1.54, 1.807) is 12.1 Å². The number of hydrogen-bond donors (Lipinski definition) is 1. The zero-order valence-corrected chi connectivity index (χ0v) is 10.8. The fourth-order valence-electron chi connectivity index (χ4n) is 1.31. The lowest BCUT2D eigenvalue weighted by Crippen LogP contribution is -2.32. The van der Waals surface area contributed by atoms with E-state index in [9.17, 15) is 4.39 Å². The third kappa shape index (κ3) is 3.75. The van der Waals surface area contributed by atoms with E-state index < -0.39 is 12.7 Å². The average Bonchev–Trinajstić information content (AvgIpc) is 2.21. The van der Waals surface area contributed by atoms with Gasteiger partial charge in [-0.2, -0.15) is 5.48 Å². The van der Waals surface area contributed by atoms with Crippen molar-refractivity contribution in [2.75, 3.05) is 13.8 Å². The van der Waals surface area contributed by atoms with Crippen LogP contribution in [0.15, 0.2) is 12.1 Å². The highest BCUT2D eigenvalue weighted by Gasteiger charge is 2.14. The van der Waals surface area contributed by atoms with Crippen LogP contribution in [0.5, 0.6) is 0 Å². The third-order valence-corrected chi connectivity index (χ3v) is 2.92. The first kappa shape index (κ1) is 14.0. The van der Waals surface area contributed by atoms with Gasteiger partial charge < -0.3 is 4.84 Å². The van der Waals surface area contributed by atoms with Crippen molar-refractivity contribution in [1.29, 1.82) is 0 Å². The zero-order valence-electron chi connectivity index (χ0n) is 8.57. The largest absolute Gasteiger partial charge is 0.305 e. The summed E-state index contributed by atoms with van der Waals surface area (Å²) in [6.07, 6.45) is 0.333. The minimum absolute atomic E-state index is 0.333. The van der Waals surface area contributed by atoms with E-state index in [4.69, 9.17) is 34.8 Å². The lowest BCUT2D eigenvalue weighted by Gasteiger charge is -2.15. The van der Waals surface area contributed by atoms with Crippen molar-refractivity contribution in [3.05, 3.63) is 32.8 Å². The van der Waals surface area contributed by atoms with Gasteiger partial charge in [0.15, 0.2) is 0 Å². The van der Waals surface area contributed by atoms with Crippen molar-refractivity contribution >= 4 is 34.8 Å². The normalized spacial score (nSPS) is 12.8. The minimum atomic E-state index is -0.580. The molecule has 0 aliphatic rings. The van der Waals surface area contributed by atoms with Gasteiger partial charge in [-0.15, -0.1) is 0 Å². The second-order valence-corrected chi connectivity index (χ2v) is 4.48. The van der Waals surface area contributed by atoms with Gasteiger partial charge in [-0.25, -0.2) is 4.39 Å². The van der Waals surface area contributed by atoms with E-state index in [-0.39, 0.29) is 0 Å². The van der Waals surface area contributed by atoms with Crippen LogP contribution in [-0.4, -0.2) is 19.8 Å². The summed E-state index contributed by atoms with van der Waals surface area (Å²) in [6.45, 7) is -0.580. The topological polar surface area (TPSA) is 21.3 Å². The lowest BCUT2D eigenvalue weighted by molar-refractivity contribution is 0.0527. The number of halogens is 4. The average molecular weight is 287 g/mol. The molecule has 0 bridgehead atoms. The minimum Gasteiger partial charge on any atom is -0.305 e. The molecular formula is C10H11Cl3FNO. The molecule has 0 heterocycles. The van der Waals surface area contributed by atoms with Crippen LogP contribution in [0.1, 0.15) is 5.56 Å². The summed E-state index contributed by atoms with van der Waals surface area (Å²) < 4.78 is 12.6. The maximum Gasteiger partial charge on any atom is 0.107 e. The maximum atomic E-state index is 12.6. The molecule has 0 radical (unpaired) electrons. The molecule has 1 aromatic carbocycles. The Morgan fingerprint density at radius 2 is 1.88 bits per heavy atom. The number of nitrogens with one attached hydrogen (secondary N) is 1. The first-order chi connectivity index (χ1) is 7.58. The van der Waals surface area contributed by atoms with E-state index in [1.807, 2.05) is 0 Å². The van der Waals surface area contributed by atoms with E-state index in [1.165, 1.54) is 7.11 Å². The maximum absolute atomic E-state index is 12.6. The van der Waals surface area contributed by atoms with Crippen molar-refractivity contribution in [3.63, 3.8) is 0 Å². The molecule has 0 saturated carbocycles. The highest BCUT2D eigenvalue weighted by atomic mass is 35.5. The van der Waals surface area contributed by atoms with Crippen LogP contribution in [0.3, 0.4) is 0 Å². The lowest BCUT2D eigenvalue weighted by atomic mass is 10.1. The van der Waals surface area contributed by atoms with Crippen LogP contribution in [-0.2, 0) is 11.3 Å². The number of benzene rings is 1. The second kappa shape index (κ2) is 6.62. The summed E-state index contributed by atoms with van der Waals surface area (Å²) in [5, 5.41) is 1.30. The molecule has 0 saturated heterocycles. The Labute approximate surface area is 109 Å². The quantitative estimate of drug-likeness (QED) is 0.834. The molecule has 0 aromatic heterocycles. The molecule has 0 aliphatic heterocycles. The standard InChI is InChI=1S/C10H11Cl3FNO/c1-16-15-7(5-14)4-8-9(12)2-6(11)3-10(8)13/h2-3,7,15H,4-5H2,1H3. The Kier molecular flexibility index (Phi) is 5.79. The molecule has 0 amide bonds. The molecule has 6 heteroatoms. The molecule has 1 rings (SSSR count). The highest BCUT2D eigenvalue weighted by Crippen LogP contribution is 2.29. The number of rotatable bonds is 5. The van der Waals surface area contributed by atoms with E-state index >= 15 is 0 Å². The molecule has 2 nitrogen and oxygen atoms in total. The van der Waals surface area contributed by atoms with Gasteiger partial charge in [0.2, 0.25) is 0 Å². The number of hydroxylamine groups is 1. The summed E-state index contributed by atoms with van der Waals surface area (Å²) in [7, 11) is 1.42. The van der Waals surface area contributed by atoms with Crippen LogP contribution in [0.25, 0.3) is 0 Å². The third-order valence-electron chi connectivity index (χ3n) is 2.03. The molecule has 0 spiro atoms. The summed E-state index contributed by atoms with van der Waals surface area (Å²) in [5.41, 5.74) is 3.18. The van der Waals surface area contributed by atoms with Gasteiger partial charge in [0.1, 0.15) is 6.67 Å². The van der Waals surface area contributed by atoms with Crippen molar-refractivity contribution in [2.45, 2.75) is 12.5 Å². The fraction of sp³-hybridized carbons (Fsp3) is 0.400. The smallest absolute Gasteiger partial charge is 0.107 e. The molecule has 1 aromatic rings. The van der Waals surface area contributed by atoms with E-state index in [0.717, 1.165) is 0 Å². The predicted molar refractivity (Wildman–Crippen MR) is 65.1 cm³/mol. The van der Waals surface area contributed by atoms with Crippen molar-refractivity contribution < 1.29 is 9.23 Å². The monoisotopic (exact) mass is 285 g/mol. The van der Waals surface area contributed by atoms with Crippen molar-refractivity contribution in [1.82, 2.24) is 5.48 Å². The first-order valence-corrected chi connectivity index (χ1v) is 5.69. The van der Waals surface area contributed by atoms with Gasteiger partial charge in [0.25, 0.3) is 0 Å². The van der Waals surface area contributed by atoms with Gasteiger partial charge in [0.05, 0.1) is 13.2 Å². The van der Waals surface area contributed by atoms with Crippen molar-refractivity contribution in [3.8, 4) is 0 Å². The Morgan fingerprint density at radius 1 is 1.31 bits per heavy atom. The Bertz CT molecular complexity index is 339. The Hall–Kier alpha value is -0.0600. The van der Waals surface area contributed by atoms with Crippen molar-refractivity contribution in [2.24, 2.45) is 0 Å².